The Bertz CT molecular complexity index is 82.2. The second kappa shape index (κ2) is 6.89. The van der Waals surface area contributed by atoms with Crippen molar-refractivity contribution in [2.24, 2.45) is 0 Å². The third-order valence-electron chi connectivity index (χ3n) is 1.60. The first kappa shape index (κ1) is 11.2. The summed E-state index contributed by atoms with van der Waals surface area (Å²) in [6, 6.07) is 1.21. The van der Waals surface area contributed by atoms with E-state index in [2.05, 4.69) is 31.0 Å². The molecule has 2 nitrogen and oxygen atoms in total. The van der Waals surface area contributed by atoms with Gasteiger partial charge in [0.25, 0.3) is 0 Å². The Balaban J connectivity index is 3.21. The smallest absolute Gasteiger partial charge is 0.0738 e. The second-order valence-corrected chi connectivity index (χ2v) is 3.18. The van der Waals surface area contributed by atoms with Gasteiger partial charge in [-0.25, -0.2) is 0 Å². The van der Waals surface area contributed by atoms with Crippen LogP contribution in [-0.4, -0.2) is 36.6 Å². The van der Waals surface area contributed by atoms with Gasteiger partial charge in [0.1, 0.15) is 0 Å². The Morgan fingerprint density at radius 1 is 1.45 bits per heavy atom. The van der Waals surface area contributed by atoms with Crippen molar-refractivity contribution in [1.29, 1.82) is 0 Å². The van der Waals surface area contributed by atoms with Gasteiger partial charge in [-0.2, -0.15) is 0 Å². The van der Waals surface area contributed by atoms with E-state index in [4.69, 9.17) is 11.6 Å². The fraction of sp³-hybridized carbons (Fsp3) is 1.00. The molecule has 68 valence electrons. The fourth-order valence-electron chi connectivity index (χ4n) is 0.814. The zero-order valence-corrected chi connectivity index (χ0v) is 8.49. The molecule has 0 saturated carbocycles. The predicted octanol–water partition coefficient (Wildman–Crippen LogP) is 1.50. The van der Waals surface area contributed by atoms with Crippen molar-refractivity contribution in [2.45, 2.75) is 26.8 Å². The quantitative estimate of drug-likeness (QED) is 0.490. The Hall–Kier alpha value is 0.210. The number of alkyl halides is 1. The summed E-state index contributed by atoms with van der Waals surface area (Å²) in [5.41, 5.74) is 0. The van der Waals surface area contributed by atoms with Crippen LogP contribution >= 0.6 is 11.6 Å². The highest BCUT2D eigenvalue weighted by atomic mass is 35.5. The lowest BCUT2D eigenvalue weighted by atomic mass is 10.4. The molecule has 0 atom stereocenters. The molecule has 11 heavy (non-hydrogen) atoms. The van der Waals surface area contributed by atoms with Crippen LogP contribution in [0.25, 0.3) is 0 Å². The van der Waals surface area contributed by atoms with E-state index in [0.29, 0.717) is 12.0 Å². The van der Waals surface area contributed by atoms with Crippen LogP contribution in [0.15, 0.2) is 0 Å². The average molecular weight is 179 g/mol. The minimum absolute atomic E-state index is 0.573. The maximum Gasteiger partial charge on any atom is 0.0738 e. The molecule has 0 aliphatic heterocycles. The number of nitrogens with one attached hydrogen (secondary N) is 1. The summed E-state index contributed by atoms with van der Waals surface area (Å²) in [5.74, 6) is 0. The van der Waals surface area contributed by atoms with Crippen LogP contribution in [0, 0.1) is 0 Å². The lowest BCUT2D eigenvalue weighted by Crippen LogP contribution is -2.34. The summed E-state index contributed by atoms with van der Waals surface area (Å²) in [5, 5.41) is 3.34. The highest BCUT2D eigenvalue weighted by Gasteiger charge is 1.98. The fourth-order valence-corrected chi connectivity index (χ4v) is 1.10. The highest BCUT2D eigenvalue weighted by Crippen LogP contribution is 1.88. The number of nitrogens with zero attached hydrogens (tertiary/aromatic N) is 1. The summed E-state index contributed by atoms with van der Waals surface area (Å²) in [6.45, 7) is 9.52. The maximum atomic E-state index is 5.68. The number of rotatable bonds is 6. The number of hydrogen-bond donors (Lipinski definition) is 1. The second-order valence-electron chi connectivity index (χ2n) is 2.94. The molecule has 0 radical (unpaired) electrons. The molecule has 0 aromatic carbocycles. The van der Waals surface area contributed by atoms with Gasteiger partial charge in [0.05, 0.1) is 6.00 Å². The van der Waals surface area contributed by atoms with Crippen molar-refractivity contribution in [3.8, 4) is 0 Å². The van der Waals surface area contributed by atoms with Gasteiger partial charge >= 0.3 is 0 Å². The summed E-state index contributed by atoms with van der Waals surface area (Å²) in [6.07, 6.45) is 0. The summed E-state index contributed by atoms with van der Waals surface area (Å²) in [4.78, 5) is 2.19. The molecule has 0 unspecified atom stereocenters. The van der Waals surface area contributed by atoms with Gasteiger partial charge in [-0.05, 0) is 6.54 Å². The Labute approximate surface area is 74.9 Å². The topological polar surface area (TPSA) is 15.3 Å². The van der Waals surface area contributed by atoms with Gasteiger partial charge in [-0.15, -0.1) is 11.6 Å². The van der Waals surface area contributed by atoms with Crippen molar-refractivity contribution in [3.05, 3.63) is 0 Å². The molecule has 0 aliphatic rings. The minimum atomic E-state index is 0.573. The minimum Gasteiger partial charge on any atom is -0.313 e. The maximum absolute atomic E-state index is 5.68. The van der Waals surface area contributed by atoms with E-state index in [9.17, 15) is 0 Å². The molecule has 1 N–H and O–H groups in total. The van der Waals surface area contributed by atoms with E-state index < -0.39 is 0 Å². The third kappa shape index (κ3) is 6.60. The molecule has 0 aromatic rings. The molecule has 0 spiro atoms. The monoisotopic (exact) mass is 178 g/mol. The van der Waals surface area contributed by atoms with E-state index >= 15 is 0 Å². The number of halogens is 1. The average Bonchev–Trinajstić information content (AvgIpc) is 1.98. The molecular weight excluding hydrogens is 160 g/mol. The number of likely N-dealkylation sites (N-methyl/N-ethyl adjacent to an activating group) is 1. The van der Waals surface area contributed by atoms with Crippen molar-refractivity contribution >= 4 is 11.6 Å². The van der Waals surface area contributed by atoms with Gasteiger partial charge in [0.2, 0.25) is 0 Å². The normalized spacial score (nSPS) is 11.5. The Morgan fingerprint density at radius 3 is 2.45 bits per heavy atom. The summed E-state index contributed by atoms with van der Waals surface area (Å²) < 4.78 is 0. The van der Waals surface area contributed by atoms with Gasteiger partial charge < -0.3 is 5.32 Å². The van der Waals surface area contributed by atoms with Crippen LogP contribution in [0.5, 0.6) is 0 Å². The Morgan fingerprint density at radius 2 is 2.09 bits per heavy atom. The van der Waals surface area contributed by atoms with Crippen LogP contribution in [-0.2, 0) is 0 Å². The SMILES string of the molecule is CCN(CCl)CCNC(C)C. The molecule has 0 aromatic heterocycles. The van der Waals surface area contributed by atoms with E-state index in [1.54, 1.807) is 0 Å². The standard InChI is InChI=1S/C8H19ClN2/c1-4-11(7-9)6-5-10-8(2)3/h8,10H,4-7H2,1-3H3. The van der Waals surface area contributed by atoms with Crippen LogP contribution in [0.2, 0.25) is 0 Å². The van der Waals surface area contributed by atoms with Crippen molar-refractivity contribution in [1.82, 2.24) is 10.2 Å². The highest BCUT2D eigenvalue weighted by molar-refractivity contribution is 6.17. The van der Waals surface area contributed by atoms with Gasteiger partial charge in [0.15, 0.2) is 0 Å². The van der Waals surface area contributed by atoms with Crippen molar-refractivity contribution < 1.29 is 0 Å². The van der Waals surface area contributed by atoms with E-state index in [0.717, 1.165) is 19.6 Å². The van der Waals surface area contributed by atoms with E-state index in [1.165, 1.54) is 0 Å². The Kier molecular flexibility index (Phi) is 7.02. The summed E-state index contributed by atoms with van der Waals surface area (Å²) >= 11 is 5.68. The largest absolute Gasteiger partial charge is 0.313 e. The van der Waals surface area contributed by atoms with E-state index in [1.807, 2.05) is 0 Å². The van der Waals surface area contributed by atoms with Crippen molar-refractivity contribution in [3.63, 3.8) is 0 Å². The van der Waals surface area contributed by atoms with Gasteiger partial charge in [-0.1, -0.05) is 20.8 Å². The molecule has 0 bridgehead atoms. The molecule has 0 saturated heterocycles. The lowest BCUT2D eigenvalue weighted by Gasteiger charge is -2.17. The van der Waals surface area contributed by atoms with E-state index in [-0.39, 0.29) is 0 Å². The molecule has 0 amide bonds. The van der Waals surface area contributed by atoms with Gasteiger partial charge in [0, 0.05) is 19.1 Å². The molecule has 0 rings (SSSR count). The zero-order valence-electron chi connectivity index (χ0n) is 7.73. The molecule has 0 heterocycles. The molecule has 0 aliphatic carbocycles. The van der Waals surface area contributed by atoms with Crippen LogP contribution < -0.4 is 5.32 Å². The van der Waals surface area contributed by atoms with Crippen LogP contribution in [0.3, 0.4) is 0 Å². The van der Waals surface area contributed by atoms with Crippen LogP contribution in [0.1, 0.15) is 20.8 Å². The van der Waals surface area contributed by atoms with Crippen LogP contribution in [0.4, 0.5) is 0 Å². The first-order valence-electron chi connectivity index (χ1n) is 4.22. The van der Waals surface area contributed by atoms with Crippen molar-refractivity contribution in [2.75, 3.05) is 25.6 Å². The first-order chi connectivity index (χ1) is 5.20. The predicted molar refractivity (Wildman–Crippen MR) is 51.1 cm³/mol. The molecule has 0 fully saturated rings. The number of hydrogen-bond acceptors (Lipinski definition) is 2. The third-order valence-corrected chi connectivity index (χ3v) is 1.93. The molecule has 3 heteroatoms. The summed E-state index contributed by atoms with van der Waals surface area (Å²) in [7, 11) is 0. The zero-order chi connectivity index (χ0) is 8.69. The first-order valence-corrected chi connectivity index (χ1v) is 4.75. The lowest BCUT2D eigenvalue weighted by molar-refractivity contribution is 0.328. The molecular formula is C8H19ClN2. The van der Waals surface area contributed by atoms with Gasteiger partial charge in [-0.3, -0.25) is 4.90 Å².